The van der Waals surface area contributed by atoms with Gasteiger partial charge in [0.2, 0.25) is 0 Å². The van der Waals surface area contributed by atoms with Crippen LogP contribution in [-0.2, 0) is 4.79 Å². The van der Waals surface area contributed by atoms with Gasteiger partial charge < -0.3 is 10.4 Å². The minimum Gasteiger partial charge on any atom is -0.481 e. The zero-order valence-corrected chi connectivity index (χ0v) is 11.3. The van der Waals surface area contributed by atoms with Gasteiger partial charge >= 0.3 is 5.97 Å². The summed E-state index contributed by atoms with van der Waals surface area (Å²) in [5, 5.41) is 22.9. The molecule has 7 nitrogen and oxygen atoms in total. The summed E-state index contributed by atoms with van der Waals surface area (Å²) in [7, 11) is 0. The van der Waals surface area contributed by atoms with E-state index in [1.807, 2.05) is 0 Å². The van der Waals surface area contributed by atoms with E-state index in [1.165, 1.54) is 6.07 Å². The van der Waals surface area contributed by atoms with E-state index in [-0.39, 0.29) is 22.7 Å². The van der Waals surface area contributed by atoms with Gasteiger partial charge in [-0.15, -0.1) is 0 Å². The maximum Gasteiger partial charge on any atom is 0.306 e. The number of carboxylic acids is 1. The van der Waals surface area contributed by atoms with Crippen LogP contribution in [0.4, 0.5) is 11.5 Å². The Bertz CT molecular complexity index is 537. The third-order valence-corrected chi connectivity index (χ3v) is 3.69. The molecule has 0 bridgehead atoms. The monoisotopic (exact) mass is 299 g/mol. The number of aromatic nitrogens is 1. The van der Waals surface area contributed by atoms with Gasteiger partial charge in [-0.1, -0.05) is 18.0 Å². The zero-order valence-electron chi connectivity index (χ0n) is 10.6. The normalized spacial score (nSPS) is 22.2. The number of nitrogens with one attached hydrogen (secondary N) is 1. The van der Waals surface area contributed by atoms with Gasteiger partial charge in [-0.3, -0.25) is 14.9 Å². The lowest BCUT2D eigenvalue weighted by molar-refractivity contribution is -0.385. The first-order valence-electron chi connectivity index (χ1n) is 6.26. The number of nitro groups is 1. The highest BCUT2D eigenvalue weighted by atomic mass is 35.5. The second-order valence-electron chi connectivity index (χ2n) is 4.82. The fraction of sp³-hybridized carbons (Fsp3) is 0.500. The Kier molecular flexibility index (Phi) is 4.39. The van der Waals surface area contributed by atoms with Crippen molar-refractivity contribution >= 4 is 29.1 Å². The van der Waals surface area contributed by atoms with Crippen molar-refractivity contribution in [2.75, 3.05) is 5.32 Å². The predicted molar refractivity (Wildman–Crippen MR) is 72.9 cm³/mol. The summed E-state index contributed by atoms with van der Waals surface area (Å²) in [6.07, 6.45) is 3.96. The molecule has 2 unspecified atom stereocenters. The number of hydrogen-bond acceptors (Lipinski definition) is 5. The number of pyridine rings is 1. The fourth-order valence-corrected chi connectivity index (χ4v) is 2.59. The smallest absolute Gasteiger partial charge is 0.306 e. The molecule has 1 aromatic heterocycles. The largest absolute Gasteiger partial charge is 0.481 e. The van der Waals surface area contributed by atoms with Crippen LogP contribution in [0.25, 0.3) is 0 Å². The molecular formula is C12H14ClN3O4. The molecule has 20 heavy (non-hydrogen) atoms. The fourth-order valence-electron chi connectivity index (χ4n) is 2.37. The standard InChI is InChI=1S/C12H14ClN3O4/c13-10-5-9(16(19)20)6-14-11(10)15-8-3-1-2-7(4-8)12(17)18/h5-8H,1-4H2,(H,14,15)(H,17,18). The van der Waals surface area contributed by atoms with Crippen molar-refractivity contribution in [3.63, 3.8) is 0 Å². The van der Waals surface area contributed by atoms with Gasteiger partial charge in [0.25, 0.3) is 5.69 Å². The average Bonchev–Trinajstić information content (AvgIpc) is 2.41. The molecule has 1 aliphatic rings. The Morgan fingerprint density at radius 3 is 2.90 bits per heavy atom. The molecule has 2 N–H and O–H groups in total. The van der Waals surface area contributed by atoms with Gasteiger partial charge in [0.1, 0.15) is 12.0 Å². The number of carbonyl (C=O) groups is 1. The van der Waals surface area contributed by atoms with Crippen LogP contribution in [0.1, 0.15) is 25.7 Å². The van der Waals surface area contributed by atoms with Gasteiger partial charge in [-0.2, -0.15) is 0 Å². The van der Waals surface area contributed by atoms with Crippen LogP contribution in [0.5, 0.6) is 0 Å². The van der Waals surface area contributed by atoms with Crippen molar-refractivity contribution in [3.05, 3.63) is 27.4 Å². The molecule has 8 heteroatoms. The minimum atomic E-state index is -0.792. The van der Waals surface area contributed by atoms with Crippen LogP contribution in [-0.4, -0.2) is 27.0 Å². The second kappa shape index (κ2) is 6.04. The predicted octanol–water partition coefficient (Wildman–Crippen LogP) is 2.70. The van der Waals surface area contributed by atoms with Crippen molar-refractivity contribution in [1.29, 1.82) is 0 Å². The highest BCUT2D eigenvalue weighted by molar-refractivity contribution is 6.33. The summed E-state index contributed by atoms with van der Waals surface area (Å²) >= 11 is 5.95. The minimum absolute atomic E-state index is 0.0312. The average molecular weight is 300 g/mol. The SMILES string of the molecule is O=C(O)C1CCCC(Nc2ncc([N+](=O)[O-])cc2Cl)C1. The Morgan fingerprint density at radius 1 is 1.55 bits per heavy atom. The summed E-state index contributed by atoms with van der Waals surface area (Å²) in [4.78, 5) is 25.0. The first-order valence-corrected chi connectivity index (χ1v) is 6.64. The van der Waals surface area contributed by atoms with Crippen molar-refractivity contribution in [2.24, 2.45) is 5.92 Å². The molecule has 2 atom stereocenters. The van der Waals surface area contributed by atoms with Crippen molar-refractivity contribution in [1.82, 2.24) is 4.98 Å². The Labute approximate surface area is 120 Å². The summed E-state index contributed by atoms with van der Waals surface area (Å²) in [5.74, 6) is -0.800. The molecule has 1 saturated carbocycles. The highest BCUT2D eigenvalue weighted by Gasteiger charge is 2.27. The first-order chi connectivity index (χ1) is 9.47. The summed E-state index contributed by atoms with van der Waals surface area (Å²) < 4.78 is 0. The van der Waals surface area contributed by atoms with Crippen molar-refractivity contribution in [2.45, 2.75) is 31.7 Å². The summed E-state index contributed by atoms with van der Waals surface area (Å²) in [6.45, 7) is 0. The maximum absolute atomic E-state index is 11.0. The van der Waals surface area contributed by atoms with Crippen LogP contribution in [0.2, 0.25) is 5.02 Å². The first kappa shape index (κ1) is 14.5. The molecule has 0 amide bonds. The van der Waals surface area contributed by atoms with Crippen LogP contribution in [0, 0.1) is 16.0 Å². The molecule has 1 aliphatic carbocycles. The molecule has 108 valence electrons. The van der Waals surface area contributed by atoms with Crippen LogP contribution in [0.15, 0.2) is 12.3 Å². The summed E-state index contributed by atoms with van der Waals surface area (Å²) in [6, 6.07) is 1.20. The van der Waals surface area contributed by atoms with Gasteiger partial charge in [0.05, 0.1) is 15.9 Å². The second-order valence-corrected chi connectivity index (χ2v) is 5.23. The van der Waals surface area contributed by atoms with Gasteiger partial charge in [0, 0.05) is 12.1 Å². The number of anilines is 1. The quantitative estimate of drug-likeness (QED) is 0.654. The van der Waals surface area contributed by atoms with E-state index in [1.54, 1.807) is 0 Å². The number of aliphatic carboxylic acids is 1. The van der Waals surface area contributed by atoms with E-state index in [0.29, 0.717) is 18.7 Å². The molecule has 2 rings (SSSR count). The van der Waals surface area contributed by atoms with E-state index in [2.05, 4.69) is 10.3 Å². The van der Waals surface area contributed by atoms with Crippen LogP contribution in [0.3, 0.4) is 0 Å². The van der Waals surface area contributed by atoms with E-state index in [9.17, 15) is 14.9 Å². The topological polar surface area (TPSA) is 105 Å². The van der Waals surface area contributed by atoms with Gasteiger partial charge in [-0.25, -0.2) is 4.98 Å². The molecule has 0 saturated heterocycles. The molecule has 1 aromatic rings. The van der Waals surface area contributed by atoms with Crippen molar-refractivity contribution < 1.29 is 14.8 Å². The number of carboxylic acid groups (broad SMARTS) is 1. The van der Waals surface area contributed by atoms with E-state index < -0.39 is 10.9 Å². The molecule has 0 aliphatic heterocycles. The number of rotatable bonds is 4. The third kappa shape index (κ3) is 3.36. The number of nitrogens with zero attached hydrogens (tertiary/aromatic N) is 2. The number of hydrogen-bond donors (Lipinski definition) is 2. The highest BCUT2D eigenvalue weighted by Crippen LogP contribution is 2.29. The maximum atomic E-state index is 11.0. The molecule has 1 heterocycles. The van der Waals surface area contributed by atoms with Gasteiger partial charge in [0.15, 0.2) is 0 Å². The Morgan fingerprint density at radius 2 is 2.30 bits per heavy atom. The third-order valence-electron chi connectivity index (χ3n) is 3.40. The Hall–Kier alpha value is -1.89. The van der Waals surface area contributed by atoms with Gasteiger partial charge in [-0.05, 0) is 19.3 Å². The lowest BCUT2D eigenvalue weighted by Gasteiger charge is -2.27. The van der Waals surface area contributed by atoms with E-state index in [4.69, 9.17) is 16.7 Å². The molecule has 0 aromatic carbocycles. The molecule has 1 fully saturated rings. The molecular weight excluding hydrogens is 286 g/mol. The molecule has 0 radical (unpaired) electrons. The lowest BCUT2D eigenvalue weighted by atomic mass is 9.86. The summed E-state index contributed by atoms with van der Waals surface area (Å²) in [5.41, 5.74) is -0.174. The molecule has 0 spiro atoms. The van der Waals surface area contributed by atoms with E-state index >= 15 is 0 Å². The number of halogens is 1. The van der Waals surface area contributed by atoms with Crippen LogP contribution < -0.4 is 5.32 Å². The van der Waals surface area contributed by atoms with Crippen molar-refractivity contribution in [3.8, 4) is 0 Å². The lowest BCUT2D eigenvalue weighted by Crippen LogP contribution is -2.31. The van der Waals surface area contributed by atoms with Crippen LogP contribution >= 0.6 is 11.6 Å². The zero-order chi connectivity index (χ0) is 14.7. The van der Waals surface area contributed by atoms with E-state index in [0.717, 1.165) is 19.0 Å². The Balaban J connectivity index is 2.06.